The van der Waals surface area contributed by atoms with Crippen LogP contribution in [0.2, 0.25) is 5.02 Å². The molecule has 0 spiro atoms. The Balaban J connectivity index is 2.31. The Morgan fingerprint density at radius 1 is 1.32 bits per heavy atom. The van der Waals surface area contributed by atoms with Gasteiger partial charge >= 0.3 is 12.1 Å². The number of rotatable bonds is 5. The number of halogens is 4. The van der Waals surface area contributed by atoms with Crippen LogP contribution in [0.15, 0.2) is 17.1 Å². The normalized spacial score (nSPS) is 11.4. The van der Waals surface area contributed by atoms with Crippen molar-refractivity contribution >= 4 is 39.8 Å². The number of carbonyl (C=O) groups excluding carboxylic acids is 2. The second-order valence-corrected chi connectivity index (χ2v) is 7.40. The highest BCUT2D eigenvalue weighted by molar-refractivity contribution is 7.16. The number of esters is 1. The van der Waals surface area contributed by atoms with Crippen molar-refractivity contribution in [2.24, 2.45) is 0 Å². The summed E-state index contributed by atoms with van der Waals surface area (Å²) >= 11 is 6.69. The molecule has 6 nitrogen and oxygen atoms in total. The summed E-state index contributed by atoms with van der Waals surface area (Å²) in [5.74, 6) is -1.41. The summed E-state index contributed by atoms with van der Waals surface area (Å²) in [4.78, 5) is 37.2. The van der Waals surface area contributed by atoms with Gasteiger partial charge in [0.15, 0.2) is 0 Å². The van der Waals surface area contributed by atoms with Crippen LogP contribution >= 0.6 is 22.9 Å². The SMILES string of the molecule is CCOC(=O)c1c(NC(=O)Cn2cc(C(F)(F)F)cc(Cl)c2=O)sc(C)c1C. The monoisotopic (exact) mass is 436 g/mol. The Hall–Kier alpha value is -2.33. The van der Waals surface area contributed by atoms with E-state index in [-0.39, 0.29) is 17.2 Å². The van der Waals surface area contributed by atoms with Gasteiger partial charge in [-0.25, -0.2) is 4.79 Å². The van der Waals surface area contributed by atoms with Crippen molar-refractivity contribution in [1.82, 2.24) is 4.57 Å². The third kappa shape index (κ3) is 4.74. The van der Waals surface area contributed by atoms with Crippen molar-refractivity contribution in [2.75, 3.05) is 11.9 Å². The molecule has 0 fully saturated rings. The number of aryl methyl sites for hydroxylation is 1. The number of anilines is 1. The van der Waals surface area contributed by atoms with Crippen molar-refractivity contribution in [3.8, 4) is 0 Å². The van der Waals surface area contributed by atoms with Crippen molar-refractivity contribution in [3.63, 3.8) is 0 Å². The van der Waals surface area contributed by atoms with Crippen molar-refractivity contribution < 1.29 is 27.5 Å². The number of hydrogen-bond acceptors (Lipinski definition) is 5. The summed E-state index contributed by atoms with van der Waals surface area (Å²) in [5.41, 5.74) is -1.29. The molecule has 0 unspecified atom stereocenters. The van der Waals surface area contributed by atoms with Crippen molar-refractivity contribution in [3.05, 3.63) is 49.2 Å². The quantitative estimate of drug-likeness (QED) is 0.718. The van der Waals surface area contributed by atoms with E-state index < -0.39 is 40.7 Å². The molecular weight excluding hydrogens is 421 g/mol. The predicted molar refractivity (Wildman–Crippen MR) is 99.1 cm³/mol. The molecule has 1 N–H and O–H groups in total. The number of aromatic nitrogens is 1. The fourth-order valence-corrected chi connectivity index (χ4v) is 3.65. The first kappa shape index (κ1) is 22.0. The van der Waals surface area contributed by atoms with Crippen LogP contribution in [0.4, 0.5) is 18.2 Å². The smallest absolute Gasteiger partial charge is 0.417 e. The van der Waals surface area contributed by atoms with Crippen molar-refractivity contribution in [1.29, 1.82) is 0 Å². The highest BCUT2D eigenvalue weighted by atomic mass is 35.5. The minimum absolute atomic E-state index is 0.138. The average Bonchev–Trinajstić information content (AvgIpc) is 2.84. The molecule has 0 atom stereocenters. The summed E-state index contributed by atoms with van der Waals surface area (Å²) in [7, 11) is 0. The van der Waals surface area contributed by atoms with Gasteiger partial charge in [-0.15, -0.1) is 11.3 Å². The lowest BCUT2D eigenvalue weighted by Gasteiger charge is -2.12. The lowest BCUT2D eigenvalue weighted by Crippen LogP contribution is -2.29. The van der Waals surface area contributed by atoms with Crippen molar-refractivity contribution in [2.45, 2.75) is 33.5 Å². The molecule has 0 saturated carbocycles. The Kier molecular flexibility index (Phi) is 6.56. The minimum atomic E-state index is -4.73. The highest BCUT2D eigenvalue weighted by Gasteiger charge is 2.32. The van der Waals surface area contributed by atoms with Crippen LogP contribution in [0, 0.1) is 13.8 Å². The fraction of sp³-hybridized carbons (Fsp3) is 0.353. The number of hydrogen-bond donors (Lipinski definition) is 1. The van der Waals surface area contributed by atoms with E-state index in [1.54, 1.807) is 20.8 Å². The molecule has 11 heteroatoms. The van der Waals surface area contributed by atoms with E-state index in [9.17, 15) is 27.6 Å². The molecular formula is C17H16ClF3N2O4S. The van der Waals surface area contributed by atoms with E-state index in [0.717, 1.165) is 16.2 Å². The topological polar surface area (TPSA) is 77.4 Å². The maximum Gasteiger partial charge on any atom is 0.417 e. The van der Waals surface area contributed by atoms with Crippen LogP contribution in [-0.4, -0.2) is 23.1 Å². The van der Waals surface area contributed by atoms with Crippen LogP contribution in [0.3, 0.4) is 0 Å². The van der Waals surface area contributed by atoms with Gasteiger partial charge in [-0.2, -0.15) is 13.2 Å². The van der Waals surface area contributed by atoms with Crippen LogP contribution in [0.1, 0.15) is 33.3 Å². The summed E-state index contributed by atoms with van der Waals surface area (Å²) in [6, 6.07) is 0.503. The predicted octanol–water partition coefficient (Wildman–Crippen LogP) is 4.01. The van der Waals surface area contributed by atoms with Gasteiger partial charge in [-0.05, 0) is 32.4 Å². The number of nitrogens with one attached hydrogen (secondary N) is 1. The molecule has 2 aromatic rings. The van der Waals surface area contributed by atoms with Gasteiger partial charge < -0.3 is 14.6 Å². The van der Waals surface area contributed by atoms with Gasteiger partial charge in [-0.3, -0.25) is 9.59 Å². The number of nitrogens with zero attached hydrogens (tertiary/aromatic N) is 1. The maximum absolute atomic E-state index is 12.9. The molecule has 0 saturated heterocycles. The summed E-state index contributed by atoms with van der Waals surface area (Å²) in [5, 5.41) is 2.00. The number of ether oxygens (including phenoxy) is 1. The molecule has 152 valence electrons. The first-order valence-corrected chi connectivity index (χ1v) is 9.19. The summed E-state index contributed by atoms with van der Waals surface area (Å²) < 4.78 is 44.2. The van der Waals surface area contributed by atoms with Gasteiger partial charge in [0.05, 0.1) is 17.7 Å². The van der Waals surface area contributed by atoms with E-state index in [2.05, 4.69) is 5.32 Å². The zero-order valence-electron chi connectivity index (χ0n) is 15.1. The average molecular weight is 437 g/mol. The fourth-order valence-electron chi connectivity index (χ4n) is 2.36. The zero-order chi connectivity index (χ0) is 21.2. The molecule has 28 heavy (non-hydrogen) atoms. The second-order valence-electron chi connectivity index (χ2n) is 5.76. The van der Waals surface area contributed by atoms with Gasteiger partial charge in [0.2, 0.25) is 5.91 Å². The van der Waals surface area contributed by atoms with Gasteiger partial charge in [-0.1, -0.05) is 11.6 Å². The first-order chi connectivity index (χ1) is 13.0. The second kappa shape index (κ2) is 8.36. The number of alkyl halides is 3. The molecule has 0 aliphatic rings. The molecule has 0 aliphatic carbocycles. The largest absolute Gasteiger partial charge is 0.462 e. The lowest BCUT2D eigenvalue weighted by molar-refractivity contribution is -0.138. The van der Waals surface area contributed by atoms with Gasteiger partial charge in [0.1, 0.15) is 16.6 Å². The maximum atomic E-state index is 12.9. The van der Waals surface area contributed by atoms with E-state index in [1.165, 1.54) is 0 Å². The molecule has 1 amide bonds. The Morgan fingerprint density at radius 2 is 1.96 bits per heavy atom. The van der Waals surface area contributed by atoms with Crippen LogP contribution in [-0.2, 0) is 22.3 Å². The Bertz CT molecular complexity index is 982. The third-order valence-electron chi connectivity index (χ3n) is 3.80. The van der Waals surface area contributed by atoms with Crippen LogP contribution < -0.4 is 10.9 Å². The van der Waals surface area contributed by atoms with Crippen LogP contribution in [0.5, 0.6) is 0 Å². The standard InChI is InChI=1S/C17H16ClF3N2O4S/c1-4-27-16(26)13-8(2)9(3)28-14(13)22-12(24)7-23-6-10(17(19,20)21)5-11(18)15(23)25/h5-6H,4,7H2,1-3H3,(H,22,24). The number of pyridine rings is 1. The van der Waals surface area contributed by atoms with Gasteiger partial charge in [0.25, 0.3) is 5.56 Å². The summed E-state index contributed by atoms with van der Waals surface area (Å²) in [6.07, 6.45) is -4.21. The molecule has 2 aromatic heterocycles. The molecule has 2 heterocycles. The molecule has 0 bridgehead atoms. The van der Waals surface area contributed by atoms with E-state index in [1.807, 2.05) is 0 Å². The minimum Gasteiger partial charge on any atom is -0.462 e. The molecule has 0 radical (unpaired) electrons. The number of carbonyl (C=O) groups is 2. The molecule has 0 aliphatic heterocycles. The number of amides is 1. The Morgan fingerprint density at radius 3 is 2.54 bits per heavy atom. The van der Waals surface area contributed by atoms with E-state index >= 15 is 0 Å². The van der Waals surface area contributed by atoms with E-state index in [0.29, 0.717) is 22.4 Å². The molecule has 2 rings (SSSR count). The van der Waals surface area contributed by atoms with Gasteiger partial charge in [0, 0.05) is 11.1 Å². The van der Waals surface area contributed by atoms with E-state index in [4.69, 9.17) is 16.3 Å². The Labute approximate surface area is 166 Å². The lowest BCUT2D eigenvalue weighted by atomic mass is 10.1. The van der Waals surface area contributed by atoms with Crippen LogP contribution in [0.25, 0.3) is 0 Å². The highest BCUT2D eigenvalue weighted by Crippen LogP contribution is 2.33. The first-order valence-electron chi connectivity index (χ1n) is 7.99. The number of thiophene rings is 1. The zero-order valence-corrected chi connectivity index (χ0v) is 16.6. The summed E-state index contributed by atoms with van der Waals surface area (Å²) in [6.45, 7) is 4.49. The molecule has 0 aromatic carbocycles. The third-order valence-corrected chi connectivity index (χ3v) is 5.19.